The van der Waals surface area contributed by atoms with Gasteiger partial charge in [0.05, 0.1) is 18.8 Å². The van der Waals surface area contributed by atoms with Crippen molar-refractivity contribution in [2.45, 2.75) is 45.8 Å². The normalized spacial score (nSPS) is 20.8. The SMILES string of the molecule is CC(=O)C1CCN(CC(O)COC(C)C)CC1. The van der Waals surface area contributed by atoms with Crippen LogP contribution >= 0.6 is 0 Å². The Kier molecular flexibility index (Phi) is 6.09. The van der Waals surface area contributed by atoms with E-state index in [1.165, 1.54) is 0 Å². The number of piperidine rings is 1. The maximum Gasteiger partial charge on any atom is 0.133 e. The summed E-state index contributed by atoms with van der Waals surface area (Å²) in [5.74, 6) is 0.531. The second kappa shape index (κ2) is 7.09. The predicted octanol–water partition coefficient (Wildman–Crippen LogP) is 1.07. The van der Waals surface area contributed by atoms with Crippen molar-refractivity contribution in [2.24, 2.45) is 5.92 Å². The molecular formula is C13H25NO3. The van der Waals surface area contributed by atoms with Crippen LogP contribution in [0.25, 0.3) is 0 Å². The molecule has 0 aliphatic carbocycles. The van der Waals surface area contributed by atoms with Crippen molar-refractivity contribution in [3.05, 3.63) is 0 Å². The summed E-state index contributed by atoms with van der Waals surface area (Å²) in [4.78, 5) is 13.4. The zero-order chi connectivity index (χ0) is 12.8. The fourth-order valence-corrected chi connectivity index (χ4v) is 2.18. The highest BCUT2D eigenvalue weighted by atomic mass is 16.5. The summed E-state index contributed by atoms with van der Waals surface area (Å²) >= 11 is 0. The van der Waals surface area contributed by atoms with Gasteiger partial charge in [0, 0.05) is 12.5 Å². The van der Waals surface area contributed by atoms with E-state index in [1.54, 1.807) is 6.92 Å². The predicted molar refractivity (Wildman–Crippen MR) is 66.9 cm³/mol. The Morgan fingerprint density at radius 3 is 2.47 bits per heavy atom. The standard InChI is InChI=1S/C13H25NO3/c1-10(2)17-9-13(16)8-14-6-4-12(5-7-14)11(3)15/h10,12-13,16H,4-9H2,1-3H3. The number of aliphatic hydroxyl groups excluding tert-OH is 1. The molecule has 0 radical (unpaired) electrons. The van der Waals surface area contributed by atoms with Gasteiger partial charge in [-0.25, -0.2) is 0 Å². The van der Waals surface area contributed by atoms with E-state index in [2.05, 4.69) is 4.90 Å². The number of hydrogen-bond donors (Lipinski definition) is 1. The molecule has 0 aromatic rings. The Hall–Kier alpha value is -0.450. The molecule has 0 bridgehead atoms. The number of ketones is 1. The summed E-state index contributed by atoms with van der Waals surface area (Å²) in [5, 5.41) is 9.79. The van der Waals surface area contributed by atoms with Crippen LogP contribution in [0.4, 0.5) is 0 Å². The topological polar surface area (TPSA) is 49.8 Å². The molecule has 1 atom stereocenters. The van der Waals surface area contributed by atoms with Gasteiger partial charge in [0.25, 0.3) is 0 Å². The molecule has 1 rings (SSSR count). The minimum absolute atomic E-state index is 0.160. The number of ether oxygens (including phenoxy) is 1. The zero-order valence-corrected chi connectivity index (χ0v) is 11.2. The average molecular weight is 243 g/mol. The largest absolute Gasteiger partial charge is 0.389 e. The van der Waals surface area contributed by atoms with E-state index in [-0.39, 0.29) is 12.0 Å². The van der Waals surface area contributed by atoms with Gasteiger partial charge in [-0.3, -0.25) is 4.79 Å². The summed E-state index contributed by atoms with van der Waals surface area (Å²) in [6.07, 6.45) is 1.58. The molecule has 0 amide bonds. The summed E-state index contributed by atoms with van der Waals surface area (Å²) in [6, 6.07) is 0. The van der Waals surface area contributed by atoms with Crippen LogP contribution in [0.2, 0.25) is 0 Å². The number of carbonyl (C=O) groups excluding carboxylic acids is 1. The second-order valence-corrected chi connectivity index (χ2v) is 5.22. The van der Waals surface area contributed by atoms with Gasteiger partial charge in [-0.15, -0.1) is 0 Å². The highest BCUT2D eigenvalue weighted by Gasteiger charge is 2.23. The van der Waals surface area contributed by atoms with Crippen LogP contribution in [0.5, 0.6) is 0 Å². The summed E-state index contributed by atoms with van der Waals surface area (Å²) in [6.45, 7) is 8.45. The Labute approximate surface area is 104 Å². The van der Waals surface area contributed by atoms with Crippen LogP contribution in [0, 0.1) is 5.92 Å². The smallest absolute Gasteiger partial charge is 0.133 e. The van der Waals surface area contributed by atoms with Crippen LogP contribution in [-0.4, -0.2) is 54.2 Å². The fourth-order valence-electron chi connectivity index (χ4n) is 2.18. The third-order valence-electron chi connectivity index (χ3n) is 3.25. The molecule has 0 saturated carbocycles. The van der Waals surface area contributed by atoms with Crippen LogP contribution in [-0.2, 0) is 9.53 Å². The van der Waals surface area contributed by atoms with Gasteiger partial charge in [0.2, 0.25) is 0 Å². The lowest BCUT2D eigenvalue weighted by Gasteiger charge is -2.32. The third-order valence-corrected chi connectivity index (χ3v) is 3.25. The first kappa shape index (κ1) is 14.6. The molecule has 4 nitrogen and oxygen atoms in total. The molecule has 4 heteroatoms. The van der Waals surface area contributed by atoms with Crippen molar-refractivity contribution in [2.75, 3.05) is 26.2 Å². The van der Waals surface area contributed by atoms with Crippen LogP contribution in [0.15, 0.2) is 0 Å². The Balaban J connectivity index is 2.19. The molecule has 0 aromatic carbocycles. The lowest BCUT2D eigenvalue weighted by molar-refractivity contribution is -0.122. The van der Waals surface area contributed by atoms with E-state index < -0.39 is 6.10 Å². The number of rotatable bonds is 6. The first-order chi connectivity index (χ1) is 7.99. The number of likely N-dealkylation sites (tertiary alicyclic amines) is 1. The van der Waals surface area contributed by atoms with Gasteiger partial charge >= 0.3 is 0 Å². The first-order valence-corrected chi connectivity index (χ1v) is 6.51. The van der Waals surface area contributed by atoms with E-state index in [0.717, 1.165) is 25.9 Å². The molecule has 1 heterocycles. The van der Waals surface area contributed by atoms with Crippen molar-refractivity contribution >= 4 is 5.78 Å². The summed E-state index contributed by atoms with van der Waals surface area (Å²) < 4.78 is 5.37. The molecule has 0 aromatic heterocycles. The van der Waals surface area contributed by atoms with E-state index in [4.69, 9.17) is 4.74 Å². The van der Waals surface area contributed by atoms with Crippen LogP contribution in [0.1, 0.15) is 33.6 Å². The van der Waals surface area contributed by atoms with Gasteiger partial charge in [-0.1, -0.05) is 0 Å². The number of hydrogen-bond acceptors (Lipinski definition) is 4. The number of Topliss-reactive ketones (excluding diaryl/α,β-unsaturated/α-hetero) is 1. The Morgan fingerprint density at radius 2 is 2.00 bits per heavy atom. The summed E-state index contributed by atoms with van der Waals surface area (Å²) in [7, 11) is 0. The fraction of sp³-hybridized carbons (Fsp3) is 0.923. The molecule has 1 unspecified atom stereocenters. The van der Waals surface area contributed by atoms with Crippen LogP contribution < -0.4 is 0 Å². The van der Waals surface area contributed by atoms with E-state index in [0.29, 0.717) is 18.9 Å². The minimum Gasteiger partial charge on any atom is -0.389 e. The Bertz CT molecular complexity index is 235. The number of β-amino-alcohol motifs (C(OH)–C–C–N with tert-alkyl or cyclic N) is 1. The third kappa shape index (κ3) is 5.61. The zero-order valence-electron chi connectivity index (χ0n) is 11.2. The Morgan fingerprint density at radius 1 is 1.41 bits per heavy atom. The van der Waals surface area contributed by atoms with E-state index in [1.807, 2.05) is 13.8 Å². The lowest BCUT2D eigenvalue weighted by Crippen LogP contribution is -2.41. The van der Waals surface area contributed by atoms with Gasteiger partial charge < -0.3 is 14.7 Å². The number of aliphatic hydroxyl groups is 1. The summed E-state index contributed by atoms with van der Waals surface area (Å²) in [5.41, 5.74) is 0. The maximum absolute atomic E-state index is 11.2. The van der Waals surface area contributed by atoms with Gasteiger partial charge in [0.1, 0.15) is 5.78 Å². The van der Waals surface area contributed by atoms with E-state index >= 15 is 0 Å². The molecule has 100 valence electrons. The van der Waals surface area contributed by atoms with Crippen molar-refractivity contribution in [1.29, 1.82) is 0 Å². The molecule has 1 aliphatic rings. The quantitative estimate of drug-likeness (QED) is 0.758. The number of nitrogens with zero attached hydrogens (tertiary/aromatic N) is 1. The van der Waals surface area contributed by atoms with Crippen molar-refractivity contribution in [3.63, 3.8) is 0 Å². The van der Waals surface area contributed by atoms with Crippen molar-refractivity contribution in [3.8, 4) is 0 Å². The van der Waals surface area contributed by atoms with Crippen molar-refractivity contribution in [1.82, 2.24) is 4.90 Å². The average Bonchev–Trinajstić information content (AvgIpc) is 2.27. The van der Waals surface area contributed by atoms with Gasteiger partial charge in [-0.2, -0.15) is 0 Å². The second-order valence-electron chi connectivity index (χ2n) is 5.22. The monoisotopic (exact) mass is 243 g/mol. The van der Waals surface area contributed by atoms with Gasteiger partial charge in [0.15, 0.2) is 0 Å². The molecule has 1 saturated heterocycles. The van der Waals surface area contributed by atoms with Crippen LogP contribution in [0.3, 0.4) is 0 Å². The number of carbonyl (C=O) groups is 1. The highest BCUT2D eigenvalue weighted by molar-refractivity contribution is 5.78. The molecule has 17 heavy (non-hydrogen) atoms. The van der Waals surface area contributed by atoms with Gasteiger partial charge in [-0.05, 0) is 46.7 Å². The lowest BCUT2D eigenvalue weighted by atomic mass is 9.93. The van der Waals surface area contributed by atoms with E-state index in [9.17, 15) is 9.90 Å². The molecule has 1 aliphatic heterocycles. The minimum atomic E-state index is -0.425. The molecular weight excluding hydrogens is 218 g/mol. The van der Waals surface area contributed by atoms with Crippen molar-refractivity contribution < 1.29 is 14.6 Å². The first-order valence-electron chi connectivity index (χ1n) is 6.51. The maximum atomic E-state index is 11.2. The molecule has 1 fully saturated rings. The molecule has 0 spiro atoms. The molecule has 1 N–H and O–H groups in total. The highest BCUT2D eigenvalue weighted by Crippen LogP contribution is 2.17.